The van der Waals surface area contributed by atoms with E-state index in [4.69, 9.17) is 4.42 Å². The number of hydrogen-bond donors (Lipinski definition) is 0. The van der Waals surface area contributed by atoms with Crippen molar-refractivity contribution in [2.45, 2.75) is 19.4 Å². The van der Waals surface area contributed by atoms with Gasteiger partial charge in [-0.3, -0.25) is 9.36 Å². The third-order valence-electron chi connectivity index (χ3n) is 3.08. The molecule has 112 valence electrons. The fraction of sp³-hybridized carbons (Fsp3) is 0.357. The Morgan fingerprint density at radius 3 is 2.67 bits per heavy atom. The van der Waals surface area contributed by atoms with Crippen molar-refractivity contribution in [3.05, 3.63) is 34.3 Å². The van der Waals surface area contributed by atoms with Gasteiger partial charge in [0.05, 0.1) is 25.3 Å². The van der Waals surface area contributed by atoms with Gasteiger partial charge in [-0.1, -0.05) is 0 Å². The second-order valence-corrected chi connectivity index (χ2v) is 4.37. The average molecular weight is 293 g/mol. The monoisotopic (exact) mass is 293 g/mol. The van der Waals surface area contributed by atoms with Gasteiger partial charge >= 0.3 is 17.7 Å². The van der Waals surface area contributed by atoms with Crippen LogP contribution >= 0.6 is 0 Å². The number of carbonyl (C=O) groups excluding carboxylic acids is 2. The number of oxazole rings is 1. The Bertz CT molecular complexity index is 727. The van der Waals surface area contributed by atoms with Crippen molar-refractivity contribution in [2.75, 3.05) is 14.2 Å². The molecule has 1 aromatic heterocycles. The number of aryl methyl sites for hydroxylation is 1. The first-order valence-electron chi connectivity index (χ1n) is 6.35. The Balaban J connectivity index is 2.25. The number of rotatable bonds is 5. The van der Waals surface area contributed by atoms with Crippen LogP contribution in [0.2, 0.25) is 0 Å². The van der Waals surface area contributed by atoms with Crippen LogP contribution in [0.1, 0.15) is 23.2 Å². The summed E-state index contributed by atoms with van der Waals surface area (Å²) in [5.74, 6) is -1.36. The molecule has 0 amide bonds. The van der Waals surface area contributed by atoms with E-state index in [1.807, 2.05) is 0 Å². The molecule has 2 aromatic rings. The standard InChI is InChI=1S/C14H15NO6/c1-19-12(16)4-3-7-15-10-6-5-9(13(17)20-2)8-11(10)21-14(15)18/h5-6,8H,3-4,7H2,1-2H3. The van der Waals surface area contributed by atoms with Crippen molar-refractivity contribution in [1.29, 1.82) is 0 Å². The zero-order valence-corrected chi connectivity index (χ0v) is 11.8. The van der Waals surface area contributed by atoms with Gasteiger partial charge in [-0.25, -0.2) is 9.59 Å². The molecule has 7 nitrogen and oxygen atoms in total. The maximum absolute atomic E-state index is 11.8. The van der Waals surface area contributed by atoms with Gasteiger partial charge in [0.25, 0.3) is 0 Å². The molecule has 0 saturated carbocycles. The molecule has 0 fully saturated rings. The first kappa shape index (κ1) is 14.8. The van der Waals surface area contributed by atoms with E-state index in [0.29, 0.717) is 29.6 Å². The molecule has 0 atom stereocenters. The highest BCUT2D eigenvalue weighted by molar-refractivity contribution is 5.93. The highest BCUT2D eigenvalue weighted by Gasteiger charge is 2.13. The molecule has 1 aromatic carbocycles. The Morgan fingerprint density at radius 2 is 2.00 bits per heavy atom. The van der Waals surface area contributed by atoms with Crippen molar-refractivity contribution in [3.63, 3.8) is 0 Å². The molecular formula is C14H15NO6. The van der Waals surface area contributed by atoms with E-state index in [0.717, 1.165) is 0 Å². The smallest absolute Gasteiger partial charge is 0.419 e. The van der Waals surface area contributed by atoms with Crippen molar-refractivity contribution in [1.82, 2.24) is 4.57 Å². The van der Waals surface area contributed by atoms with Gasteiger partial charge < -0.3 is 13.9 Å². The summed E-state index contributed by atoms with van der Waals surface area (Å²) in [6, 6.07) is 4.63. The van der Waals surface area contributed by atoms with Gasteiger partial charge in [0.2, 0.25) is 0 Å². The van der Waals surface area contributed by atoms with E-state index in [2.05, 4.69) is 9.47 Å². The van der Waals surface area contributed by atoms with Crippen LogP contribution in [0.5, 0.6) is 0 Å². The molecule has 0 N–H and O–H groups in total. The average Bonchev–Trinajstić information content (AvgIpc) is 2.81. The Kier molecular flexibility index (Phi) is 4.42. The van der Waals surface area contributed by atoms with Gasteiger partial charge in [0.15, 0.2) is 5.58 Å². The van der Waals surface area contributed by atoms with E-state index >= 15 is 0 Å². The van der Waals surface area contributed by atoms with E-state index in [9.17, 15) is 14.4 Å². The number of benzene rings is 1. The van der Waals surface area contributed by atoms with Crippen molar-refractivity contribution < 1.29 is 23.5 Å². The molecule has 0 bridgehead atoms. The van der Waals surface area contributed by atoms with Gasteiger partial charge in [-0.2, -0.15) is 0 Å². The summed E-state index contributed by atoms with van der Waals surface area (Å²) in [5, 5.41) is 0. The number of ether oxygens (including phenoxy) is 2. The molecule has 1 heterocycles. The van der Waals surface area contributed by atoms with Crippen LogP contribution in [-0.4, -0.2) is 30.7 Å². The predicted octanol–water partition coefficient (Wildman–Crippen LogP) is 1.33. The quantitative estimate of drug-likeness (QED) is 0.773. The molecule has 0 aliphatic rings. The van der Waals surface area contributed by atoms with E-state index in [1.54, 1.807) is 12.1 Å². The van der Waals surface area contributed by atoms with Gasteiger partial charge in [-0.15, -0.1) is 0 Å². The third-order valence-corrected chi connectivity index (χ3v) is 3.08. The van der Waals surface area contributed by atoms with Crippen LogP contribution in [0.3, 0.4) is 0 Å². The molecule has 0 unspecified atom stereocenters. The summed E-state index contributed by atoms with van der Waals surface area (Å²) in [6.07, 6.45) is 0.676. The Morgan fingerprint density at radius 1 is 1.24 bits per heavy atom. The Labute approximate surface area is 120 Å². The normalized spacial score (nSPS) is 10.6. The lowest BCUT2D eigenvalue weighted by molar-refractivity contribution is -0.140. The largest absolute Gasteiger partial charge is 0.469 e. The van der Waals surface area contributed by atoms with Crippen molar-refractivity contribution in [3.8, 4) is 0 Å². The first-order valence-corrected chi connectivity index (χ1v) is 6.35. The predicted molar refractivity (Wildman–Crippen MR) is 73.1 cm³/mol. The van der Waals surface area contributed by atoms with Gasteiger partial charge in [0, 0.05) is 13.0 Å². The summed E-state index contributed by atoms with van der Waals surface area (Å²) in [6.45, 7) is 0.332. The molecule has 0 saturated heterocycles. The second-order valence-electron chi connectivity index (χ2n) is 4.37. The summed E-state index contributed by atoms with van der Waals surface area (Å²) in [5.41, 5.74) is 1.18. The van der Waals surface area contributed by atoms with Crippen LogP contribution in [0.15, 0.2) is 27.4 Å². The van der Waals surface area contributed by atoms with Crippen LogP contribution in [0.4, 0.5) is 0 Å². The molecule has 7 heteroatoms. The van der Waals surface area contributed by atoms with Gasteiger partial charge in [-0.05, 0) is 24.6 Å². The molecule has 0 spiro atoms. The minimum absolute atomic E-state index is 0.218. The molecule has 0 aliphatic heterocycles. The molecule has 2 rings (SSSR count). The summed E-state index contributed by atoms with van der Waals surface area (Å²) in [7, 11) is 2.59. The number of methoxy groups -OCH3 is 2. The minimum Gasteiger partial charge on any atom is -0.469 e. The molecular weight excluding hydrogens is 278 g/mol. The van der Waals surface area contributed by atoms with Crippen LogP contribution < -0.4 is 5.76 Å². The summed E-state index contributed by atoms with van der Waals surface area (Å²) >= 11 is 0. The van der Waals surface area contributed by atoms with Gasteiger partial charge in [0.1, 0.15) is 0 Å². The topological polar surface area (TPSA) is 87.7 Å². The maximum atomic E-state index is 11.8. The lowest BCUT2D eigenvalue weighted by atomic mass is 10.2. The van der Waals surface area contributed by atoms with Crippen LogP contribution in [0.25, 0.3) is 11.1 Å². The molecule has 21 heavy (non-hydrogen) atoms. The van der Waals surface area contributed by atoms with Crippen molar-refractivity contribution >= 4 is 23.0 Å². The van der Waals surface area contributed by atoms with Crippen LogP contribution in [-0.2, 0) is 20.8 Å². The molecule has 0 radical (unpaired) electrons. The zero-order chi connectivity index (χ0) is 15.4. The summed E-state index contributed by atoms with van der Waals surface area (Å²) in [4.78, 5) is 34.3. The number of fused-ring (bicyclic) bond motifs is 1. The highest BCUT2D eigenvalue weighted by atomic mass is 16.5. The van der Waals surface area contributed by atoms with Crippen LogP contribution in [0, 0.1) is 0 Å². The SMILES string of the molecule is COC(=O)CCCn1c(=O)oc2cc(C(=O)OC)ccc21. The lowest BCUT2D eigenvalue weighted by Gasteiger charge is -2.02. The molecule has 0 aliphatic carbocycles. The fourth-order valence-corrected chi connectivity index (χ4v) is 2.01. The minimum atomic E-state index is -0.531. The first-order chi connectivity index (χ1) is 10.1. The zero-order valence-electron chi connectivity index (χ0n) is 11.8. The van der Waals surface area contributed by atoms with E-state index in [-0.39, 0.29) is 12.4 Å². The highest BCUT2D eigenvalue weighted by Crippen LogP contribution is 2.16. The lowest BCUT2D eigenvalue weighted by Crippen LogP contribution is -2.15. The second kappa shape index (κ2) is 6.25. The van der Waals surface area contributed by atoms with E-state index in [1.165, 1.54) is 24.9 Å². The number of nitrogens with zero attached hydrogens (tertiary/aromatic N) is 1. The number of hydrogen-bond acceptors (Lipinski definition) is 6. The third kappa shape index (κ3) is 3.13. The van der Waals surface area contributed by atoms with Crippen molar-refractivity contribution in [2.24, 2.45) is 0 Å². The number of aromatic nitrogens is 1. The fourth-order valence-electron chi connectivity index (χ4n) is 2.01. The summed E-state index contributed by atoms with van der Waals surface area (Å²) < 4.78 is 15.7. The number of esters is 2. The van der Waals surface area contributed by atoms with E-state index < -0.39 is 11.7 Å². The Hall–Kier alpha value is -2.57. The maximum Gasteiger partial charge on any atom is 0.419 e. The number of carbonyl (C=O) groups is 2.